The van der Waals surface area contributed by atoms with Crippen LogP contribution in [0.3, 0.4) is 0 Å². The molecule has 0 aliphatic heterocycles. The molecule has 52 heavy (non-hydrogen) atoms. The number of phenolic OH excluding ortho intramolecular Hbond substituents is 2. The Morgan fingerprint density at radius 3 is 1.35 bits per heavy atom. The molecule has 0 aromatic heterocycles. The van der Waals surface area contributed by atoms with Crippen LogP contribution in [-0.2, 0) is 22.4 Å². The van der Waals surface area contributed by atoms with Crippen molar-refractivity contribution in [2.24, 2.45) is 11.8 Å². The first-order valence-corrected chi connectivity index (χ1v) is 20.0. The zero-order valence-electron chi connectivity index (χ0n) is 32.3. The molecule has 0 fully saturated rings. The van der Waals surface area contributed by atoms with Crippen molar-refractivity contribution in [1.29, 1.82) is 0 Å². The molecule has 0 radical (unpaired) electrons. The van der Waals surface area contributed by atoms with E-state index in [0.717, 1.165) is 64.2 Å². The number of amides is 4. The summed E-state index contributed by atoms with van der Waals surface area (Å²) in [6, 6.07) is 9.94. The van der Waals surface area contributed by atoms with Gasteiger partial charge in [0.1, 0.15) is 11.5 Å². The number of carbonyl (C=O) groups is 4. The fraction of sp³-hybridized carbons (Fsp3) is 0.619. The van der Waals surface area contributed by atoms with E-state index in [1.54, 1.807) is 19.1 Å². The summed E-state index contributed by atoms with van der Waals surface area (Å²) in [4.78, 5) is 53.4. The molecule has 2 rings (SSSR count). The number of hydrogen-bond acceptors (Lipinski definition) is 6. The van der Waals surface area contributed by atoms with Crippen molar-refractivity contribution in [3.63, 3.8) is 0 Å². The highest BCUT2D eigenvalue weighted by Crippen LogP contribution is 2.25. The molecule has 2 atom stereocenters. The molecular formula is C42H66N4O6. The third-order valence-corrected chi connectivity index (χ3v) is 9.88. The summed E-state index contributed by atoms with van der Waals surface area (Å²) in [6.07, 6.45) is 19.5. The molecule has 0 saturated heterocycles. The summed E-state index contributed by atoms with van der Waals surface area (Å²) in [5.74, 6) is -4.35. The Bertz CT molecular complexity index is 1380. The number of benzene rings is 2. The van der Waals surface area contributed by atoms with E-state index in [9.17, 15) is 29.4 Å². The van der Waals surface area contributed by atoms with E-state index in [0.29, 0.717) is 36.8 Å². The Morgan fingerprint density at radius 1 is 0.519 bits per heavy atom. The molecule has 0 heterocycles. The lowest BCUT2D eigenvalue weighted by atomic mass is 9.87. The van der Waals surface area contributed by atoms with Crippen molar-refractivity contribution in [3.05, 3.63) is 58.7 Å². The minimum Gasteiger partial charge on any atom is -0.507 e. The standard InChI is InChI=1S/C42H66N4O6/c1-5-8-11-14-17-19-24-32-26-22-29-35(47)37(32)41(51)45-43-39(49)31(4)34(28-21-16-13-10-7-3)40(50)44-46-42(52)38-33(27-23-30-36(38)48)25-20-18-15-12-9-6-2/h22-23,26-27,29-31,34,47-48H,5-21,24-25,28H2,1-4H3,(H,43,49)(H,44,50)(H,45,51)(H,46,52). The first-order chi connectivity index (χ1) is 25.2. The van der Waals surface area contributed by atoms with Gasteiger partial charge in [0.05, 0.1) is 17.0 Å². The second kappa shape index (κ2) is 25.8. The molecule has 10 nitrogen and oxygen atoms in total. The Morgan fingerprint density at radius 2 is 0.904 bits per heavy atom. The minimum atomic E-state index is -0.858. The Kier molecular flexibility index (Phi) is 21.9. The minimum absolute atomic E-state index is 0.122. The van der Waals surface area contributed by atoms with Crippen LogP contribution in [-0.4, -0.2) is 33.8 Å². The third-order valence-electron chi connectivity index (χ3n) is 9.88. The van der Waals surface area contributed by atoms with Gasteiger partial charge >= 0.3 is 0 Å². The van der Waals surface area contributed by atoms with Crippen LogP contribution < -0.4 is 21.7 Å². The summed E-state index contributed by atoms with van der Waals surface area (Å²) in [7, 11) is 0. The Balaban J connectivity index is 2.07. The first kappa shape index (κ1) is 44.1. The predicted octanol–water partition coefficient (Wildman–Crippen LogP) is 8.74. The maximum absolute atomic E-state index is 13.6. The van der Waals surface area contributed by atoms with Gasteiger partial charge in [-0.2, -0.15) is 0 Å². The summed E-state index contributed by atoms with van der Waals surface area (Å²) in [5, 5.41) is 21.1. The van der Waals surface area contributed by atoms with Crippen molar-refractivity contribution in [2.45, 2.75) is 156 Å². The topological polar surface area (TPSA) is 157 Å². The maximum atomic E-state index is 13.6. The van der Waals surface area contributed by atoms with Crippen LogP contribution >= 0.6 is 0 Å². The van der Waals surface area contributed by atoms with E-state index in [1.807, 2.05) is 12.1 Å². The van der Waals surface area contributed by atoms with Gasteiger partial charge in [-0.3, -0.25) is 40.9 Å². The lowest BCUT2D eigenvalue weighted by Gasteiger charge is -2.23. The fourth-order valence-corrected chi connectivity index (χ4v) is 6.63. The number of phenols is 2. The largest absolute Gasteiger partial charge is 0.507 e. The third kappa shape index (κ3) is 15.7. The van der Waals surface area contributed by atoms with Gasteiger partial charge in [-0.25, -0.2) is 0 Å². The average molecular weight is 723 g/mol. The van der Waals surface area contributed by atoms with E-state index in [1.165, 1.54) is 50.7 Å². The fourth-order valence-electron chi connectivity index (χ4n) is 6.63. The van der Waals surface area contributed by atoms with Crippen LogP contribution in [0.4, 0.5) is 0 Å². The quantitative estimate of drug-likeness (QED) is 0.0445. The average Bonchev–Trinajstić information content (AvgIpc) is 3.13. The molecule has 6 N–H and O–H groups in total. The predicted molar refractivity (Wildman–Crippen MR) is 208 cm³/mol. The summed E-state index contributed by atoms with van der Waals surface area (Å²) < 4.78 is 0. The second-order valence-electron chi connectivity index (χ2n) is 14.1. The molecule has 0 bridgehead atoms. The van der Waals surface area contributed by atoms with Gasteiger partial charge in [-0.1, -0.05) is 148 Å². The highest BCUT2D eigenvalue weighted by molar-refractivity contribution is 6.00. The number of nitrogens with one attached hydrogen (secondary N) is 4. The summed E-state index contributed by atoms with van der Waals surface area (Å²) in [5.41, 5.74) is 11.5. The maximum Gasteiger partial charge on any atom is 0.273 e. The molecule has 2 aromatic carbocycles. The zero-order valence-corrected chi connectivity index (χ0v) is 32.3. The van der Waals surface area contributed by atoms with Gasteiger partial charge in [-0.05, 0) is 55.4 Å². The lowest BCUT2D eigenvalue weighted by Crippen LogP contribution is -2.50. The van der Waals surface area contributed by atoms with Crippen molar-refractivity contribution in [2.75, 3.05) is 0 Å². The van der Waals surface area contributed by atoms with Crippen LogP contribution in [0.2, 0.25) is 0 Å². The van der Waals surface area contributed by atoms with Crippen molar-refractivity contribution >= 4 is 23.6 Å². The molecule has 0 spiro atoms. The molecule has 2 unspecified atom stereocenters. The number of aromatic hydroxyl groups is 2. The summed E-state index contributed by atoms with van der Waals surface area (Å²) >= 11 is 0. The molecule has 4 amide bonds. The van der Waals surface area contributed by atoms with Crippen LogP contribution in [0.15, 0.2) is 36.4 Å². The molecule has 0 aliphatic carbocycles. The SMILES string of the molecule is CCCCCCCCc1cccc(O)c1C(=O)NNC(=O)C(C)C(CCCCCCC)C(=O)NNC(=O)c1c(O)cccc1CCCCCCCC. The van der Waals surface area contributed by atoms with E-state index in [-0.39, 0.29) is 22.6 Å². The number of carbonyl (C=O) groups excluding carboxylic acids is 4. The van der Waals surface area contributed by atoms with Crippen LogP contribution in [0.1, 0.15) is 175 Å². The highest BCUT2D eigenvalue weighted by atomic mass is 16.3. The van der Waals surface area contributed by atoms with E-state index in [2.05, 4.69) is 42.5 Å². The Labute approximate surface area is 312 Å². The summed E-state index contributed by atoms with van der Waals surface area (Å²) in [6.45, 7) is 8.08. The molecule has 290 valence electrons. The smallest absolute Gasteiger partial charge is 0.273 e. The van der Waals surface area contributed by atoms with Crippen molar-refractivity contribution in [3.8, 4) is 11.5 Å². The normalized spacial score (nSPS) is 12.2. The van der Waals surface area contributed by atoms with E-state index >= 15 is 0 Å². The van der Waals surface area contributed by atoms with Gasteiger partial charge in [-0.15, -0.1) is 0 Å². The van der Waals surface area contributed by atoms with Crippen LogP contribution in [0.25, 0.3) is 0 Å². The second-order valence-corrected chi connectivity index (χ2v) is 14.1. The first-order valence-electron chi connectivity index (χ1n) is 20.0. The van der Waals surface area contributed by atoms with E-state index < -0.39 is 35.5 Å². The molecule has 0 aliphatic rings. The zero-order chi connectivity index (χ0) is 38.1. The van der Waals surface area contributed by atoms with Gasteiger partial charge in [0, 0.05) is 5.92 Å². The molecular weight excluding hydrogens is 656 g/mol. The number of unbranched alkanes of at least 4 members (excludes halogenated alkanes) is 14. The molecule has 0 saturated carbocycles. The van der Waals surface area contributed by atoms with Gasteiger partial charge < -0.3 is 10.2 Å². The van der Waals surface area contributed by atoms with Gasteiger partial charge in [0.15, 0.2) is 0 Å². The molecule has 2 aromatic rings. The van der Waals surface area contributed by atoms with Crippen LogP contribution in [0, 0.1) is 11.8 Å². The van der Waals surface area contributed by atoms with Crippen LogP contribution in [0.5, 0.6) is 11.5 Å². The number of aryl methyl sites for hydroxylation is 2. The Hall–Kier alpha value is -4.08. The van der Waals surface area contributed by atoms with Gasteiger partial charge in [0.25, 0.3) is 11.8 Å². The highest BCUT2D eigenvalue weighted by Gasteiger charge is 2.31. The number of hydrazine groups is 2. The van der Waals surface area contributed by atoms with Gasteiger partial charge in [0.2, 0.25) is 11.8 Å². The lowest BCUT2D eigenvalue weighted by molar-refractivity contribution is -0.135. The number of hydrogen-bond donors (Lipinski definition) is 6. The molecule has 10 heteroatoms. The van der Waals surface area contributed by atoms with E-state index in [4.69, 9.17) is 0 Å². The van der Waals surface area contributed by atoms with Crippen molar-refractivity contribution < 1.29 is 29.4 Å². The van der Waals surface area contributed by atoms with Crippen molar-refractivity contribution in [1.82, 2.24) is 21.7 Å². The number of rotatable bonds is 25. The monoisotopic (exact) mass is 722 g/mol.